The van der Waals surface area contributed by atoms with Gasteiger partial charge in [0, 0.05) is 25.2 Å². The Morgan fingerprint density at radius 1 is 1.32 bits per heavy atom. The molecule has 1 aromatic carbocycles. The molecule has 1 atom stereocenters. The predicted octanol–water partition coefficient (Wildman–Crippen LogP) is 0.343. The Balaban J connectivity index is 1.75. The molecule has 2 heterocycles. The Morgan fingerprint density at radius 2 is 2.04 bits per heavy atom. The molecule has 1 aliphatic rings. The largest absolute Gasteiger partial charge is 0.369 e. The first-order chi connectivity index (χ1) is 12.2. The van der Waals surface area contributed by atoms with Crippen molar-refractivity contribution in [3.05, 3.63) is 41.7 Å². The van der Waals surface area contributed by atoms with Crippen molar-refractivity contribution in [1.29, 1.82) is 0 Å². The number of nitrogens with zero attached hydrogens (tertiary/aromatic N) is 4. The normalized spacial score (nSPS) is 21.8. The third kappa shape index (κ3) is 4.22. The van der Waals surface area contributed by atoms with Gasteiger partial charge in [-0.15, -0.1) is 5.10 Å². The average Bonchev–Trinajstić information content (AvgIpc) is 3.08. The zero-order valence-electron chi connectivity index (χ0n) is 14.8. The fraction of sp³-hybridized carbons (Fsp3) is 0.556. The number of nitrogens with two attached hydrogens (primary N) is 1. The highest BCUT2D eigenvalue weighted by Gasteiger charge is 2.34. The molecule has 1 fully saturated rings. The monoisotopic (exact) mass is 343 g/mol. The lowest BCUT2D eigenvalue weighted by Crippen LogP contribution is -3.13. The lowest BCUT2D eigenvalue weighted by molar-refractivity contribution is -0.938. The van der Waals surface area contributed by atoms with E-state index in [-0.39, 0.29) is 17.9 Å². The fourth-order valence-electron chi connectivity index (χ4n) is 3.76. The molecule has 1 amide bonds. The van der Waals surface area contributed by atoms with Crippen molar-refractivity contribution >= 4 is 5.91 Å². The number of rotatable bonds is 7. The summed E-state index contributed by atoms with van der Waals surface area (Å²) in [4.78, 5) is 12.9. The number of aromatic nitrogens is 4. The van der Waals surface area contributed by atoms with E-state index in [4.69, 9.17) is 5.73 Å². The molecule has 7 nitrogen and oxygen atoms in total. The molecular formula is C18H27N6O+. The second kappa shape index (κ2) is 8.20. The quantitative estimate of drug-likeness (QED) is 0.758. The van der Waals surface area contributed by atoms with Gasteiger partial charge < -0.3 is 10.6 Å². The van der Waals surface area contributed by atoms with Crippen LogP contribution in [0.15, 0.2) is 30.3 Å². The van der Waals surface area contributed by atoms with E-state index in [1.54, 1.807) is 0 Å². The van der Waals surface area contributed by atoms with Gasteiger partial charge in [-0.1, -0.05) is 43.7 Å². The van der Waals surface area contributed by atoms with Gasteiger partial charge in [-0.2, -0.15) is 0 Å². The molecule has 1 aliphatic heterocycles. The summed E-state index contributed by atoms with van der Waals surface area (Å²) in [7, 11) is 0. The SMILES string of the molecule is CCC[C@@H](c1nnnn1Cc1ccccc1)[NH+]1CCC(C(N)=O)CC1. The Morgan fingerprint density at radius 3 is 2.68 bits per heavy atom. The molecule has 3 N–H and O–H groups in total. The smallest absolute Gasteiger partial charge is 0.220 e. The van der Waals surface area contributed by atoms with E-state index in [1.165, 1.54) is 10.5 Å². The zero-order valence-corrected chi connectivity index (χ0v) is 14.8. The fourth-order valence-corrected chi connectivity index (χ4v) is 3.76. The molecular weight excluding hydrogens is 316 g/mol. The summed E-state index contributed by atoms with van der Waals surface area (Å²) >= 11 is 0. The molecule has 0 unspecified atom stereocenters. The number of carbonyl (C=O) groups excluding carboxylic acids is 1. The van der Waals surface area contributed by atoms with Crippen LogP contribution in [0, 0.1) is 5.92 Å². The van der Waals surface area contributed by atoms with Crippen LogP contribution >= 0.6 is 0 Å². The van der Waals surface area contributed by atoms with Crippen LogP contribution in [0.5, 0.6) is 0 Å². The van der Waals surface area contributed by atoms with E-state index < -0.39 is 0 Å². The van der Waals surface area contributed by atoms with E-state index >= 15 is 0 Å². The lowest BCUT2D eigenvalue weighted by atomic mass is 9.94. The molecule has 0 spiro atoms. The van der Waals surface area contributed by atoms with Crippen LogP contribution in [0.4, 0.5) is 0 Å². The maximum atomic E-state index is 11.4. The summed E-state index contributed by atoms with van der Waals surface area (Å²) < 4.78 is 1.92. The van der Waals surface area contributed by atoms with Crippen LogP contribution in [-0.2, 0) is 11.3 Å². The number of hydrogen-bond donors (Lipinski definition) is 2. The Bertz CT molecular complexity index is 678. The van der Waals surface area contributed by atoms with Crippen LogP contribution in [0.2, 0.25) is 0 Å². The molecule has 134 valence electrons. The van der Waals surface area contributed by atoms with E-state index in [2.05, 4.69) is 34.6 Å². The lowest BCUT2D eigenvalue weighted by Gasteiger charge is -2.33. The van der Waals surface area contributed by atoms with Crippen molar-refractivity contribution in [2.75, 3.05) is 13.1 Å². The number of piperidine rings is 1. The Kier molecular flexibility index (Phi) is 5.75. The topological polar surface area (TPSA) is 91.1 Å². The molecule has 0 bridgehead atoms. The zero-order chi connectivity index (χ0) is 17.6. The van der Waals surface area contributed by atoms with Gasteiger partial charge >= 0.3 is 0 Å². The van der Waals surface area contributed by atoms with Gasteiger partial charge in [-0.3, -0.25) is 4.79 Å². The van der Waals surface area contributed by atoms with Gasteiger partial charge in [0.25, 0.3) is 0 Å². The molecule has 1 saturated heterocycles. The van der Waals surface area contributed by atoms with Crippen molar-refractivity contribution in [2.24, 2.45) is 11.7 Å². The summed E-state index contributed by atoms with van der Waals surface area (Å²) in [6.45, 7) is 4.75. The number of likely N-dealkylation sites (tertiary alicyclic amines) is 1. The summed E-state index contributed by atoms with van der Waals surface area (Å²) in [5, 5.41) is 12.5. The number of benzene rings is 1. The first-order valence-corrected chi connectivity index (χ1v) is 9.13. The van der Waals surface area contributed by atoms with Crippen LogP contribution < -0.4 is 10.6 Å². The van der Waals surface area contributed by atoms with Crippen LogP contribution in [0.3, 0.4) is 0 Å². The van der Waals surface area contributed by atoms with Gasteiger partial charge in [-0.05, 0) is 16.0 Å². The number of amides is 1. The molecule has 3 rings (SSSR count). The second-order valence-corrected chi connectivity index (χ2v) is 6.86. The molecule has 7 heteroatoms. The van der Waals surface area contributed by atoms with Crippen molar-refractivity contribution < 1.29 is 9.69 Å². The van der Waals surface area contributed by atoms with E-state index in [1.807, 2.05) is 22.9 Å². The minimum absolute atomic E-state index is 0.0198. The summed E-state index contributed by atoms with van der Waals surface area (Å²) in [6.07, 6.45) is 3.81. The van der Waals surface area contributed by atoms with Crippen molar-refractivity contribution in [3.63, 3.8) is 0 Å². The van der Waals surface area contributed by atoms with Gasteiger partial charge in [0.15, 0.2) is 0 Å². The number of quaternary nitrogens is 1. The molecule has 0 saturated carbocycles. The highest BCUT2D eigenvalue weighted by atomic mass is 16.1. The molecule has 0 radical (unpaired) electrons. The Labute approximate surface area is 148 Å². The highest BCUT2D eigenvalue weighted by Crippen LogP contribution is 2.17. The highest BCUT2D eigenvalue weighted by molar-refractivity contribution is 5.76. The average molecular weight is 343 g/mol. The molecule has 0 aliphatic carbocycles. The third-order valence-electron chi connectivity index (χ3n) is 5.15. The van der Waals surface area contributed by atoms with Crippen LogP contribution in [0.25, 0.3) is 0 Å². The third-order valence-corrected chi connectivity index (χ3v) is 5.15. The predicted molar refractivity (Wildman–Crippen MR) is 93.6 cm³/mol. The van der Waals surface area contributed by atoms with Crippen LogP contribution in [-0.4, -0.2) is 39.2 Å². The minimum atomic E-state index is -0.167. The number of nitrogens with one attached hydrogen (secondary N) is 1. The summed E-state index contributed by atoms with van der Waals surface area (Å²) in [5.74, 6) is 0.796. The maximum absolute atomic E-state index is 11.4. The summed E-state index contributed by atoms with van der Waals surface area (Å²) in [5.41, 5.74) is 6.66. The standard InChI is InChI=1S/C18H26N6O/c1-2-6-16(23-11-9-15(10-12-23)17(19)25)18-20-21-22-24(18)13-14-7-4-3-5-8-14/h3-5,7-8,15-16H,2,6,9-13H2,1H3,(H2,19,25)/p+1/t16-/m0/s1. The maximum Gasteiger partial charge on any atom is 0.220 e. The van der Waals surface area contributed by atoms with Crippen molar-refractivity contribution in [2.45, 2.75) is 45.2 Å². The number of tetrazole rings is 1. The van der Waals surface area contributed by atoms with Gasteiger partial charge in [0.05, 0.1) is 19.6 Å². The minimum Gasteiger partial charge on any atom is -0.369 e. The Hall–Kier alpha value is -2.28. The van der Waals surface area contributed by atoms with Gasteiger partial charge in [0.2, 0.25) is 11.7 Å². The first-order valence-electron chi connectivity index (χ1n) is 9.13. The molecule has 25 heavy (non-hydrogen) atoms. The van der Waals surface area contributed by atoms with Crippen LogP contribution in [0.1, 0.15) is 50.0 Å². The summed E-state index contributed by atoms with van der Waals surface area (Å²) in [6, 6.07) is 10.5. The molecule has 2 aromatic rings. The van der Waals surface area contributed by atoms with E-state index in [0.29, 0.717) is 6.54 Å². The first kappa shape index (κ1) is 17.5. The van der Waals surface area contributed by atoms with E-state index in [0.717, 1.165) is 44.6 Å². The van der Waals surface area contributed by atoms with Crippen molar-refractivity contribution in [1.82, 2.24) is 20.2 Å². The number of hydrogen-bond acceptors (Lipinski definition) is 4. The van der Waals surface area contributed by atoms with Crippen molar-refractivity contribution in [3.8, 4) is 0 Å². The number of primary amides is 1. The number of carbonyl (C=O) groups is 1. The molecule has 1 aromatic heterocycles. The van der Waals surface area contributed by atoms with Gasteiger partial charge in [-0.25, -0.2) is 4.68 Å². The second-order valence-electron chi connectivity index (χ2n) is 6.86. The van der Waals surface area contributed by atoms with Gasteiger partial charge in [0.1, 0.15) is 6.04 Å². The van der Waals surface area contributed by atoms with E-state index in [9.17, 15) is 4.79 Å².